The lowest BCUT2D eigenvalue weighted by molar-refractivity contribution is 0.414. The van der Waals surface area contributed by atoms with Gasteiger partial charge in [-0.3, -0.25) is 4.98 Å². The lowest BCUT2D eigenvalue weighted by Gasteiger charge is -2.14. The van der Waals surface area contributed by atoms with E-state index in [9.17, 15) is 0 Å². The predicted octanol–water partition coefficient (Wildman–Crippen LogP) is 3.66. The molecule has 0 aliphatic heterocycles. The number of pyridine rings is 1. The fourth-order valence-corrected chi connectivity index (χ4v) is 2.86. The van der Waals surface area contributed by atoms with Gasteiger partial charge >= 0.3 is 0 Å². The summed E-state index contributed by atoms with van der Waals surface area (Å²) in [6, 6.07) is 9.34. The van der Waals surface area contributed by atoms with Crippen LogP contribution in [-0.4, -0.2) is 12.1 Å². The van der Waals surface area contributed by atoms with Crippen molar-refractivity contribution in [2.24, 2.45) is 5.73 Å². The van der Waals surface area contributed by atoms with E-state index >= 15 is 0 Å². The summed E-state index contributed by atoms with van der Waals surface area (Å²) >= 11 is 6.85. The van der Waals surface area contributed by atoms with Crippen molar-refractivity contribution in [1.82, 2.24) is 4.98 Å². The number of nitrogens with two attached hydrogens (primary N) is 1. The Bertz CT molecular complexity index is 543. The molecule has 0 spiro atoms. The van der Waals surface area contributed by atoms with Crippen LogP contribution in [0.3, 0.4) is 0 Å². The van der Waals surface area contributed by atoms with Crippen molar-refractivity contribution in [2.75, 3.05) is 7.11 Å². The van der Waals surface area contributed by atoms with Crippen LogP contribution < -0.4 is 10.5 Å². The Hall–Kier alpha value is -0.910. The van der Waals surface area contributed by atoms with E-state index in [1.807, 2.05) is 30.3 Å². The number of hydrogen-bond donors (Lipinski definition) is 1. The number of halogens is 2. The molecule has 2 aromatic rings. The SMILES string of the molecule is COc1ccc(C(N)c2ncc(Br)cc2Br)cc1. The number of methoxy groups -OCH3 is 1. The maximum Gasteiger partial charge on any atom is 0.118 e. The summed E-state index contributed by atoms with van der Waals surface area (Å²) in [6.07, 6.45) is 1.74. The van der Waals surface area contributed by atoms with Crippen LogP contribution in [-0.2, 0) is 0 Å². The fourth-order valence-electron chi connectivity index (χ4n) is 1.62. The summed E-state index contributed by atoms with van der Waals surface area (Å²) in [5.41, 5.74) is 8.01. The highest BCUT2D eigenvalue weighted by molar-refractivity contribution is 9.11. The van der Waals surface area contributed by atoms with E-state index in [-0.39, 0.29) is 6.04 Å². The first-order valence-electron chi connectivity index (χ1n) is 5.32. The molecule has 5 heteroatoms. The fraction of sp³-hybridized carbons (Fsp3) is 0.154. The minimum Gasteiger partial charge on any atom is -0.497 e. The van der Waals surface area contributed by atoms with Gasteiger partial charge in [0.05, 0.1) is 18.8 Å². The molecule has 3 nitrogen and oxygen atoms in total. The molecular weight excluding hydrogens is 360 g/mol. The predicted molar refractivity (Wildman–Crippen MR) is 78.7 cm³/mol. The van der Waals surface area contributed by atoms with Gasteiger partial charge in [-0.15, -0.1) is 0 Å². The van der Waals surface area contributed by atoms with Gasteiger partial charge in [-0.25, -0.2) is 0 Å². The van der Waals surface area contributed by atoms with E-state index in [1.54, 1.807) is 13.3 Å². The number of nitrogens with zero attached hydrogens (tertiary/aromatic N) is 1. The van der Waals surface area contributed by atoms with Crippen LogP contribution >= 0.6 is 31.9 Å². The van der Waals surface area contributed by atoms with Gasteiger partial charge in [-0.05, 0) is 55.6 Å². The van der Waals surface area contributed by atoms with E-state index in [0.717, 1.165) is 26.0 Å². The van der Waals surface area contributed by atoms with Crippen molar-refractivity contribution in [3.63, 3.8) is 0 Å². The third kappa shape index (κ3) is 2.91. The molecule has 0 saturated heterocycles. The molecule has 0 aliphatic rings. The first kappa shape index (κ1) is 13.5. The molecular formula is C13H12Br2N2O. The Kier molecular flexibility index (Phi) is 4.37. The monoisotopic (exact) mass is 370 g/mol. The Morgan fingerprint density at radius 1 is 1.22 bits per heavy atom. The maximum atomic E-state index is 6.21. The van der Waals surface area contributed by atoms with Crippen molar-refractivity contribution < 1.29 is 4.74 Å². The van der Waals surface area contributed by atoms with Gasteiger partial charge in [0.2, 0.25) is 0 Å². The van der Waals surface area contributed by atoms with Crippen LogP contribution in [0.1, 0.15) is 17.3 Å². The summed E-state index contributed by atoms with van der Waals surface area (Å²) in [5, 5.41) is 0. The Morgan fingerprint density at radius 2 is 1.89 bits per heavy atom. The third-order valence-electron chi connectivity index (χ3n) is 2.61. The van der Waals surface area contributed by atoms with Gasteiger partial charge in [-0.2, -0.15) is 0 Å². The summed E-state index contributed by atoms with van der Waals surface area (Å²) in [7, 11) is 1.64. The molecule has 0 saturated carbocycles. The van der Waals surface area contributed by atoms with Crippen molar-refractivity contribution >= 4 is 31.9 Å². The Labute approximate surface area is 123 Å². The highest BCUT2D eigenvalue weighted by atomic mass is 79.9. The topological polar surface area (TPSA) is 48.1 Å². The van der Waals surface area contributed by atoms with Crippen LogP contribution in [0.4, 0.5) is 0 Å². The minimum absolute atomic E-state index is 0.265. The quantitative estimate of drug-likeness (QED) is 0.895. The molecule has 1 unspecified atom stereocenters. The van der Waals surface area contributed by atoms with Crippen molar-refractivity contribution in [1.29, 1.82) is 0 Å². The van der Waals surface area contributed by atoms with Crippen molar-refractivity contribution in [3.05, 3.63) is 56.7 Å². The second-order valence-corrected chi connectivity index (χ2v) is 5.54. The van der Waals surface area contributed by atoms with Gasteiger partial charge in [-0.1, -0.05) is 12.1 Å². The molecule has 1 atom stereocenters. The largest absolute Gasteiger partial charge is 0.497 e. The zero-order valence-corrected chi connectivity index (χ0v) is 12.9. The molecule has 94 valence electrons. The second-order valence-electron chi connectivity index (χ2n) is 3.77. The molecule has 1 heterocycles. The van der Waals surface area contributed by atoms with Crippen LogP contribution in [0, 0.1) is 0 Å². The van der Waals surface area contributed by atoms with Gasteiger partial charge in [0, 0.05) is 15.1 Å². The smallest absolute Gasteiger partial charge is 0.118 e. The number of aromatic nitrogens is 1. The standard InChI is InChI=1S/C13H12Br2N2O/c1-18-10-4-2-8(3-5-10)12(16)13-11(15)6-9(14)7-17-13/h2-7,12H,16H2,1H3. The number of ether oxygens (including phenoxy) is 1. The first-order chi connectivity index (χ1) is 8.61. The van der Waals surface area contributed by atoms with Crippen molar-refractivity contribution in [3.8, 4) is 5.75 Å². The molecule has 2 rings (SSSR count). The van der Waals surface area contributed by atoms with Gasteiger partial charge < -0.3 is 10.5 Å². The molecule has 1 aromatic heterocycles. The van der Waals surface area contributed by atoms with E-state index in [1.165, 1.54) is 0 Å². The summed E-state index contributed by atoms with van der Waals surface area (Å²) in [5.74, 6) is 0.814. The molecule has 1 aromatic carbocycles. The lowest BCUT2D eigenvalue weighted by atomic mass is 10.0. The highest BCUT2D eigenvalue weighted by Gasteiger charge is 2.14. The Balaban J connectivity index is 2.31. The molecule has 0 radical (unpaired) electrons. The van der Waals surface area contributed by atoms with Gasteiger partial charge in [0.1, 0.15) is 5.75 Å². The van der Waals surface area contributed by atoms with Crippen molar-refractivity contribution in [2.45, 2.75) is 6.04 Å². The number of hydrogen-bond acceptors (Lipinski definition) is 3. The molecule has 0 fully saturated rings. The van der Waals surface area contributed by atoms with E-state index < -0.39 is 0 Å². The first-order valence-corrected chi connectivity index (χ1v) is 6.91. The second kappa shape index (κ2) is 5.82. The molecule has 18 heavy (non-hydrogen) atoms. The average molecular weight is 372 g/mol. The summed E-state index contributed by atoms with van der Waals surface area (Å²) in [4.78, 5) is 4.35. The zero-order valence-electron chi connectivity index (χ0n) is 9.73. The minimum atomic E-state index is -0.265. The maximum absolute atomic E-state index is 6.21. The Morgan fingerprint density at radius 3 is 2.44 bits per heavy atom. The van der Waals surface area contributed by atoms with E-state index in [0.29, 0.717) is 0 Å². The molecule has 0 aliphatic carbocycles. The average Bonchev–Trinajstić information content (AvgIpc) is 2.38. The van der Waals surface area contributed by atoms with E-state index in [2.05, 4.69) is 36.8 Å². The van der Waals surface area contributed by atoms with Gasteiger partial charge in [0.25, 0.3) is 0 Å². The number of benzene rings is 1. The lowest BCUT2D eigenvalue weighted by Crippen LogP contribution is -2.14. The zero-order chi connectivity index (χ0) is 13.1. The van der Waals surface area contributed by atoms with Crippen LogP contribution in [0.5, 0.6) is 5.75 Å². The van der Waals surface area contributed by atoms with Crippen LogP contribution in [0.15, 0.2) is 45.5 Å². The molecule has 0 bridgehead atoms. The third-order valence-corrected chi connectivity index (χ3v) is 3.67. The molecule has 2 N–H and O–H groups in total. The van der Waals surface area contributed by atoms with E-state index in [4.69, 9.17) is 10.5 Å². The van der Waals surface area contributed by atoms with Gasteiger partial charge in [0.15, 0.2) is 0 Å². The summed E-state index contributed by atoms with van der Waals surface area (Å²) in [6.45, 7) is 0. The van der Waals surface area contributed by atoms with Crippen LogP contribution in [0.2, 0.25) is 0 Å². The normalized spacial score (nSPS) is 12.2. The van der Waals surface area contributed by atoms with Crippen LogP contribution in [0.25, 0.3) is 0 Å². The highest BCUT2D eigenvalue weighted by Crippen LogP contribution is 2.28. The summed E-state index contributed by atoms with van der Waals surface area (Å²) < 4.78 is 6.93. The molecule has 0 amide bonds. The number of rotatable bonds is 3.